The topological polar surface area (TPSA) is 26.3 Å². The summed E-state index contributed by atoms with van der Waals surface area (Å²) >= 11 is 0. The van der Waals surface area contributed by atoms with Crippen LogP contribution in [0.3, 0.4) is 0 Å². The Morgan fingerprint density at radius 2 is 0.577 bits per heavy atom. The molecular formula is C50H30O2. The Labute approximate surface area is 299 Å². The van der Waals surface area contributed by atoms with E-state index >= 15 is 0 Å². The van der Waals surface area contributed by atoms with Crippen LogP contribution in [0.15, 0.2) is 191 Å². The third-order valence-corrected chi connectivity index (χ3v) is 10.7. The first-order chi connectivity index (χ1) is 25.8. The molecule has 0 N–H and O–H groups in total. The van der Waals surface area contributed by atoms with Gasteiger partial charge in [0, 0.05) is 21.5 Å². The van der Waals surface area contributed by atoms with Gasteiger partial charge in [0.1, 0.15) is 22.3 Å². The lowest BCUT2D eigenvalue weighted by Gasteiger charge is -2.18. The summed E-state index contributed by atoms with van der Waals surface area (Å²) in [5.74, 6) is 0. The number of hydrogen-bond donors (Lipinski definition) is 0. The van der Waals surface area contributed by atoms with E-state index in [1.165, 1.54) is 66.1 Å². The Bertz CT molecular complexity index is 3120. The molecule has 2 heteroatoms. The highest BCUT2D eigenvalue weighted by atomic mass is 16.3. The third-order valence-electron chi connectivity index (χ3n) is 10.7. The molecule has 2 nitrogen and oxygen atoms in total. The molecule has 0 radical (unpaired) electrons. The van der Waals surface area contributed by atoms with Crippen LogP contribution in [0.2, 0.25) is 0 Å². The second-order valence-corrected chi connectivity index (χ2v) is 13.6. The van der Waals surface area contributed by atoms with Crippen LogP contribution in [-0.2, 0) is 0 Å². The van der Waals surface area contributed by atoms with Crippen LogP contribution < -0.4 is 0 Å². The van der Waals surface area contributed by atoms with Gasteiger partial charge in [-0.1, -0.05) is 146 Å². The molecule has 2 heterocycles. The molecule has 0 spiro atoms. The molecule has 242 valence electrons. The molecule has 0 unspecified atom stereocenters. The van der Waals surface area contributed by atoms with Crippen LogP contribution in [-0.4, -0.2) is 0 Å². The summed E-state index contributed by atoms with van der Waals surface area (Å²) in [5, 5.41) is 9.51. The Morgan fingerprint density at radius 1 is 0.231 bits per heavy atom. The van der Waals surface area contributed by atoms with Crippen molar-refractivity contribution in [2.75, 3.05) is 0 Å². The molecule has 0 bridgehead atoms. The van der Waals surface area contributed by atoms with Gasteiger partial charge in [-0.25, -0.2) is 0 Å². The first-order valence-corrected chi connectivity index (χ1v) is 17.8. The maximum absolute atomic E-state index is 6.19. The number of fused-ring (bicyclic) bond motifs is 8. The van der Waals surface area contributed by atoms with E-state index in [0.29, 0.717) is 0 Å². The van der Waals surface area contributed by atoms with Crippen LogP contribution in [0.4, 0.5) is 0 Å². The van der Waals surface area contributed by atoms with E-state index in [2.05, 4.69) is 158 Å². The summed E-state index contributed by atoms with van der Waals surface area (Å²) in [4.78, 5) is 0. The molecule has 0 aliphatic carbocycles. The molecule has 0 saturated carbocycles. The van der Waals surface area contributed by atoms with Crippen LogP contribution >= 0.6 is 0 Å². The Morgan fingerprint density at radius 3 is 1.12 bits per heavy atom. The van der Waals surface area contributed by atoms with Crippen molar-refractivity contribution >= 4 is 65.4 Å². The minimum absolute atomic E-state index is 0.910. The highest BCUT2D eigenvalue weighted by molar-refractivity contribution is 6.22. The molecule has 0 fully saturated rings. The predicted octanol–water partition coefficient (Wildman–Crippen LogP) is 14.5. The zero-order chi connectivity index (χ0) is 34.2. The van der Waals surface area contributed by atoms with Crippen LogP contribution in [0.1, 0.15) is 0 Å². The Balaban J connectivity index is 1.06. The van der Waals surface area contributed by atoms with Gasteiger partial charge in [-0.2, -0.15) is 0 Å². The summed E-state index contributed by atoms with van der Waals surface area (Å²) in [5.41, 5.74) is 13.3. The highest BCUT2D eigenvalue weighted by Crippen LogP contribution is 2.45. The van der Waals surface area contributed by atoms with Crippen molar-refractivity contribution in [1.82, 2.24) is 0 Å². The molecule has 0 amide bonds. The molecule has 52 heavy (non-hydrogen) atoms. The molecule has 11 rings (SSSR count). The normalized spacial score (nSPS) is 11.8. The van der Waals surface area contributed by atoms with Crippen molar-refractivity contribution < 1.29 is 8.83 Å². The fourth-order valence-corrected chi connectivity index (χ4v) is 8.33. The lowest BCUT2D eigenvalue weighted by atomic mass is 9.85. The van der Waals surface area contributed by atoms with Gasteiger partial charge >= 0.3 is 0 Å². The molecule has 0 atom stereocenters. The third kappa shape index (κ3) is 4.38. The predicted molar refractivity (Wildman–Crippen MR) is 218 cm³/mol. The second-order valence-electron chi connectivity index (χ2n) is 13.6. The summed E-state index contributed by atoms with van der Waals surface area (Å²) in [7, 11) is 0. The quantitative estimate of drug-likeness (QED) is 0.175. The number of hydrogen-bond acceptors (Lipinski definition) is 2. The summed E-state index contributed by atoms with van der Waals surface area (Å²) in [6.45, 7) is 0. The van der Waals surface area contributed by atoms with Crippen molar-refractivity contribution in [3.8, 4) is 44.5 Å². The van der Waals surface area contributed by atoms with Gasteiger partial charge in [-0.15, -0.1) is 0 Å². The van der Waals surface area contributed by atoms with Crippen molar-refractivity contribution in [1.29, 1.82) is 0 Å². The molecule has 0 saturated heterocycles. The standard InChI is InChI=1S/C50H30O2/c1-2-12-36(33-25-27-47-43(29-33)37-13-7-9-19-45(37)51-47)35(11-1)31-21-23-32(24-22-31)49-39-15-3-5-17-41(39)50(42-18-6-4-16-40(42)49)34-26-28-48-44(30-34)38-14-8-10-20-46(38)52-48/h1-30H. The van der Waals surface area contributed by atoms with Gasteiger partial charge in [0.2, 0.25) is 0 Å². The van der Waals surface area contributed by atoms with Crippen molar-refractivity contribution in [3.63, 3.8) is 0 Å². The van der Waals surface area contributed by atoms with Crippen molar-refractivity contribution in [2.24, 2.45) is 0 Å². The Hall–Kier alpha value is -6.90. The molecule has 11 aromatic rings. The fourth-order valence-electron chi connectivity index (χ4n) is 8.33. The van der Waals surface area contributed by atoms with Gasteiger partial charge in [0.25, 0.3) is 0 Å². The van der Waals surface area contributed by atoms with Gasteiger partial charge in [-0.05, 0) is 102 Å². The smallest absolute Gasteiger partial charge is 0.135 e. The summed E-state index contributed by atoms with van der Waals surface area (Å²) in [6, 6.07) is 65.2. The number of benzene rings is 9. The van der Waals surface area contributed by atoms with Crippen molar-refractivity contribution in [2.45, 2.75) is 0 Å². The van der Waals surface area contributed by atoms with Crippen molar-refractivity contribution in [3.05, 3.63) is 182 Å². The molecule has 2 aromatic heterocycles. The SMILES string of the molecule is c1ccc(-c2ccc3oc4ccccc4c3c2)c(-c2ccc(-c3c4ccccc4c(-c4ccc5oc6ccccc6c5c4)c4ccccc34)cc2)c1. The first kappa shape index (κ1) is 28.9. The first-order valence-electron chi connectivity index (χ1n) is 17.8. The maximum atomic E-state index is 6.19. The molecular weight excluding hydrogens is 633 g/mol. The zero-order valence-electron chi connectivity index (χ0n) is 28.1. The maximum Gasteiger partial charge on any atom is 0.135 e. The van der Waals surface area contributed by atoms with E-state index in [4.69, 9.17) is 8.83 Å². The number of furan rings is 2. The fraction of sp³-hybridized carbons (Fsp3) is 0. The van der Waals surface area contributed by atoms with Crippen LogP contribution in [0.25, 0.3) is 110 Å². The van der Waals surface area contributed by atoms with Crippen LogP contribution in [0.5, 0.6) is 0 Å². The minimum atomic E-state index is 0.910. The zero-order valence-corrected chi connectivity index (χ0v) is 28.1. The van der Waals surface area contributed by atoms with Crippen LogP contribution in [0, 0.1) is 0 Å². The van der Waals surface area contributed by atoms with Gasteiger partial charge in [0.15, 0.2) is 0 Å². The van der Waals surface area contributed by atoms with E-state index in [1.807, 2.05) is 24.3 Å². The lowest BCUT2D eigenvalue weighted by molar-refractivity contribution is 0.668. The van der Waals surface area contributed by atoms with E-state index in [0.717, 1.165) is 43.9 Å². The monoisotopic (exact) mass is 662 g/mol. The minimum Gasteiger partial charge on any atom is -0.456 e. The highest BCUT2D eigenvalue weighted by Gasteiger charge is 2.18. The van der Waals surface area contributed by atoms with E-state index in [1.54, 1.807) is 0 Å². The Kier molecular flexibility index (Phi) is 6.28. The van der Waals surface area contributed by atoms with Gasteiger partial charge in [0.05, 0.1) is 0 Å². The van der Waals surface area contributed by atoms with E-state index in [9.17, 15) is 0 Å². The van der Waals surface area contributed by atoms with Gasteiger partial charge < -0.3 is 8.83 Å². The van der Waals surface area contributed by atoms with E-state index < -0.39 is 0 Å². The summed E-state index contributed by atoms with van der Waals surface area (Å²) in [6.07, 6.45) is 0. The largest absolute Gasteiger partial charge is 0.456 e. The number of rotatable bonds is 4. The molecule has 9 aromatic carbocycles. The summed E-state index contributed by atoms with van der Waals surface area (Å²) < 4.78 is 12.3. The average molecular weight is 663 g/mol. The van der Waals surface area contributed by atoms with Gasteiger partial charge in [-0.3, -0.25) is 0 Å². The molecule has 0 aliphatic rings. The molecule has 0 aliphatic heterocycles. The number of para-hydroxylation sites is 2. The van der Waals surface area contributed by atoms with E-state index in [-0.39, 0.29) is 0 Å². The average Bonchev–Trinajstić information content (AvgIpc) is 3.78. The second kappa shape index (κ2) is 11.3. The lowest BCUT2D eigenvalue weighted by Crippen LogP contribution is -1.91.